The summed E-state index contributed by atoms with van der Waals surface area (Å²) < 4.78 is 37.3. The normalized spacial score (nSPS) is 13.2. The predicted molar refractivity (Wildman–Crippen MR) is 71.3 cm³/mol. The van der Waals surface area contributed by atoms with Crippen LogP contribution in [0.1, 0.15) is 22.9 Å². The monoisotopic (exact) mass is 280 g/mol. The van der Waals surface area contributed by atoms with Crippen LogP contribution in [0, 0.1) is 6.92 Å². The van der Waals surface area contributed by atoms with Gasteiger partial charge in [0, 0.05) is 6.20 Å². The van der Waals surface area contributed by atoms with Crippen molar-refractivity contribution in [3.05, 3.63) is 65.5 Å². The molecule has 0 saturated carbocycles. The van der Waals surface area contributed by atoms with Gasteiger partial charge in [0.2, 0.25) is 0 Å². The maximum absolute atomic E-state index is 12.4. The summed E-state index contributed by atoms with van der Waals surface area (Å²) in [4.78, 5) is 4.15. The number of alkyl halides is 3. The summed E-state index contributed by atoms with van der Waals surface area (Å²) in [5, 5.41) is 2.52. The lowest BCUT2D eigenvalue weighted by Gasteiger charge is -2.20. The van der Waals surface area contributed by atoms with Gasteiger partial charge in [-0.05, 0) is 24.6 Å². The summed E-state index contributed by atoms with van der Waals surface area (Å²) in [6, 6.07) is 12.0. The molecular weight excluding hydrogens is 265 g/mol. The van der Waals surface area contributed by atoms with Gasteiger partial charge in [-0.3, -0.25) is 10.3 Å². The Hall–Kier alpha value is -1.88. The molecule has 0 radical (unpaired) electrons. The minimum Gasteiger partial charge on any atom is -0.297 e. The fraction of sp³-hybridized carbons (Fsp3) is 0.267. The third-order valence-electron chi connectivity index (χ3n) is 2.90. The molecule has 1 atom stereocenters. The van der Waals surface area contributed by atoms with Crippen LogP contribution >= 0.6 is 0 Å². The van der Waals surface area contributed by atoms with Gasteiger partial charge in [0.15, 0.2) is 0 Å². The first kappa shape index (κ1) is 14.5. The second-order valence-corrected chi connectivity index (χ2v) is 4.59. The summed E-state index contributed by atoms with van der Waals surface area (Å²) in [7, 11) is 0. The van der Waals surface area contributed by atoms with E-state index < -0.39 is 18.8 Å². The third-order valence-corrected chi connectivity index (χ3v) is 2.90. The van der Waals surface area contributed by atoms with Gasteiger partial charge >= 0.3 is 6.18 Å². The summed E-state index contributed by atoms with van der Waals surface area (Å²) in [6.45, 7) is 0.880. The molecule has 2 rings (SSSR count). The minimum atomic E-state index is -4.25. The molecule has 1 aromatic carbocycles. The fourth-order valence-corrected chi connectivity index (χ4v) is 1.92. The topological polar surface area (TPSA) is 24.9 Å². The van der Waals surface area contributed by atoms with Gasteiger partial charge in [0.1, 0.15) is 0 Å². The molecule has 0 saturated heterocycles. The lowest BCUT2D eigenvalue weighted by atomic mass is 10.0. The Balaban J connectivity index is 2.27. The van der Waals surface area contributed by atoms with Crippen molar-refractivity contribution < 1.29 is 13.2 Å². The van der Waals surface area contributed by atoms with E-state index in [0.29, 0.717) is 5.69 Å². The molecule has 20 heavy (non-hydrogen) atoms. The summed E-state index contributed by atoms with van der Waals surface area (Å²) in [6.07, 6.45) is -2.68. The quantitative estimate of drug-likeness (QED) is 0.925. The Kier molecular flexibility index (Phi) is 4.39. The molecule has 1 heterocycles. The van der Waals surface area contributed by atoms with Crippen LogP contribution in [0.25, 0.3) is 0 Å². The van der Waals surface area contributed by atoms with Crippen molar-refractivity contribution in [2.24, 2.45) is 0 Å². The van der Waals surface area contributed by atoms with Gasteiger partial charge in [-0.2, -0.15) is 13.2 Å². The molecule has 1 aromatic heterocycles. The van der Waals surface area contributed by atoms with E-state index in [1.165, 1.54) is 0 Å². The zero-order valence-corrected chi connectivity index (χ0v) is 11.0. The smallest absolute Gasteiger partial charge is 0.297 e. The number of nitrogens with zero attached hydrogens (tertiary/aromatic N) is 1. The van der Waals surface area contributed by atoms with Crippen molar-refractivity contribution in [2.45, 2.75) is 19.1 Å². The van der Waals surface area contributed by atoms with E-state index in [-0.39, 0.29) is 0 Å². The molecule has 0 bridgehead atoms. The Morgan fingerprint density at radius 2 is 1.80 bits per heavy atom. The molecule has 2 nitrogen and oxygen atoms in total. The summed E-state index contributed by atoms with van der Waals surface area (Å²) in [5.41, 5.74) is 2.39. The van der Waals surface area contributed by atoms with Crippen LogP contribution in [-0.2, 0) is 0 Å². The molecule has 106 valence electrons. The number of nitrogens with one attached hydrogen (secondary N) is 1. The van der Waals surface area contributed by atoms with E-state index in [2.05, 4.69) is 10.3 Å². The van der Waals surface area contributed by atoms with Gasteiger partial charge in [-0.1, -0.05) is 35.9 Å². The van der Waals surface area contributed by atoms with E-state index in [1.807, 2.05) is 31.2 Å². The second kappa shape index (κ2) is 6.05. The van der Waals surface area contributed by atoms with Crippen LogP contribution in [0.3, 0.4) is 0 Å². The minimum absolute atomic E-state index is 0.570. The van der Waals surface area contributed by atoms with E-state index in [0.717, 1.165) is 11.1 Å². The number of aryl methyl sites for hydroxylation is 1. The number of benzene rings is 1. The van der Waals surface area contributed by atoms with Crippen LogP contribution in [0.4, 0.5) is 13.2 Å². The molecule has 0 spiro atoms. The average Bonchev–Trinajstić information content (AvgIpc) is 2.41. The number of halogens is 3. The lowest BCUT2D eigenvalue weighted by molar-refractivity contribution is -0.125. The highest BCUT2D eigenvalue weighted by molar-refractivity contribution is 5.30. The van der Waals surface area contributed by atoms with Crippen molar-refractivity contribution in [3.8, 4) is 0 Å². The van der Waals surface area contributed by atoms with Crippen LogP contribution in [0.15, 0.2) is 48.7 Å². The molecule has 1 unspecified atom stereocenters. The average molecular weight is 280 g/mol. The fourth-order valence-electron chi connectivity index (χ4n) is 1.92. The Labute approximate surface area is 115 Å². The maximum Gasteiger partial charge on any atom is 0.401 e. The number of hydrogen-bond donors (Lipinski definition) is 1. The number of rotatable bonds is 4. The van der Waals surface area contributed by atoms with Crippen LogP contribution in [0.2, 0.25) is 0 Å². The van der Waals surface area contributed by atoms with Crippen molar-refractivity contribution in [1.29, 1.82) is 0 Å². The zero-order chi connectivity index (χ0) is 14.6. The lowest BCUT2D eigenvalue weighted by Crippen LogP contribution is -2.33. The third kappa shape index (κ3) is 4.06. The first-order valence-electron chi connectivity index (χ1n) is 6.23. The largest absolute Gasteiger partial charge is 0.401 e. The zero-order valence-electron chi connectivity index (χ0n) is 11.0. The SMILES string of the molecule is Cc1ccc(C(NCC(F)(F)F)c2ccccn2)cc1. The summed E-state index contributed by atoms with van der Waals surface area (Å²) >= 11 is 0. The molecule has 1 N–H and O–H groups in total. The Bertz CT molecular complexity index is 535. The Morgan fingerprint density at radius 3 is 2.35 bits per heavy atom. The van der Waals surface area contributed by atoms with E-state index in [4.69, 9.17) is 0 Å². The van der Waals surface area contributed by atoms with Gasteiger partial charge in [0.25, 0.3) is 0 Å². The van der Waals surface area contributed by atoms with Crippen molar-refractivity contribution in [1.82, 2.24) is 10.3 Å². The van der Waals surface area contributed by atoms with Crippen LogP contribution in [-0.4, -0.2) is 17.7 Å². The summed E-state index contributed by atoms with van der Waals surface area (Å²) in [5.74, 6) is 0. The first-order valence-corrected chi connectivity index (χ1v) is 6.23. The molecule has 0 fully saturated rings. The highest BCUT2D eigenvalue weighted by Gasteiger charge is 2.29. The standard InChI is InChI=1S/C15H15F3N2/c1-11-5-7-12(8-6-11)14(20-10-15(16,17)18)13-4-2-3-9-19-13/h2-9,14,20H,10H2,1H3. The van der Waals surface area contributed by atoms with E-state index in [1.54, 1.807) is 24.4 Å². The van der Waals surface area contributed by atoms with Gasteiger partial charge in [0.05, 0.1) is 18.3 Å². The molecule has 0 aliphatic carbocycles. The van der Waals surface area contributed by atoms with Gasteiger partial charge < -0.3 is 0 Å². The van der Waals surface area contributed by atoms with Crippen LogP contribution in [0.5, 0.6) is 0 Å². The molecule has 0 amide bonds. The number of hydrogen-bond acceptors (Lipinski definition) is 2. The van der Waals surface area contributed by atoms with Crippen molar-refractivity contribution >= 4 is 0 Å². The van der Waals surface area contributed by atoms with Gasteiger partial charge in [-0.15, -0.1) is 0 Å². The number of pyridine rings is 1. The highest BCUT2D eigenvalue weighted by Crippen LogP contribution is 2.22. The molecular formula is C15H15F3N2. The second-order valence-electron chi connectivity index (χ2n) is 4.59. The molecule has 0 aliphatic rings. The van der Waals surface area contributed by atoms with Crippen molar-refractivity contribution in [2.75, 3.05) is 6.54 Å². The maximum atomic E-state index is 12.4. The molecule has 5 heteroatoms. The van der Waals surface area contributed by atoms with E-state index in [9.17, 15) is 13.2 Å². The first-order chi connectivity index (χ1) is 9.46. The molecule has 0 aliphatic heterocycles. The number of aromatic nitrogens is 1. The highest BCUT2D eigenvalue weighted by atomic mass is 19.4. The van der Waals surface area contributed by atoms with E-state index >= 15 is 0 Å². The van der Waals surface area contributed by atoms with Gasteiger partial charge in [-0.25, -0.2) is 0 Å². The molecule has 2 aromatic rings. The van der Waals surface area contributed by atoms with Crippen molar-refractivity contribution in [3.63, 3.8) is 0 Å². The predicted octanol–water partition coefficient (Wildman–Crippen LogP) is 3.63. The Morgan fingerprint density at radius 1 is 1.10 bits per heavy atom. The van der Waals surface area contributed by atoms with Crippen LogP contribution < -0.4 is 5.32 Å².